The zero-order chi connectivity index (χ0) is 28.2. The second-order valence-corrected chi connectivity index (χ2v) is 11.4. The van der Waals surface area contributed by atoms with Crippen molar-refractivity contribution in [3.8, 4) is 17.7 Å². The zero-order valence-corrected chi connectivity index (χ0v) is 22.6. The Balaban J connectivity index is 1.69. The molecule has 0 radical (unpaired) electrons. The van der Waals surface area contributed by atoms with Crippen molar-refractivity contribution < 1.29 is 27.4 Å². The van der Waals surface area contributed by atoms with E-state index in [1.54, 1.807) is 37.5 Å². The molecule has 4 rings (SSSR count). The molecule has 11 heteroatoms. The first kappa shape index (κ1) is 28.2. The van der Waals surface area contributed by atoms with Gasteiger partial charge in [-0.1, -0.05) is 30.9 Å². The van der Waals surface area contributed by atoms with Crippen LogP contribution in [0.25, 0.3) is 0 Å². The van der Waals surface area contributed by atoms with Gasteiger partial charge in [-0.3, -0.25) is 9.78 Å². The lowest BCUT2D eigenvalue weighted by Crippen LogP contribution is -2.50. The lowest BCUT2D eigenvalue weighted by molar-refractivity contribution is 0.0373. The number of sulfonamides is 1. The highest BCUT2D eigenvalue weighted by molar-refractivity contribution is 7.89. The van der Waals surface area contributed by atoms with Crippen molar-refractivity contribution in [3.05, 3.63) is 83.6 Å². The topological polar surface area (TPSA) is 113 Å². The third kappa shape index (κ3) is 6.25. The summed E-state index contributed by atoms with van der Waals surface area (Å²) < 4.78 is 47.8. The predicted molar refractivity (Wildman–Crippen MR) is 142 cm³/mol. The van der Waals surface area contributed by atoms with Crippen LogP contribution in [0.1, 0.15) is 35.3 Å². The molecule has 0 saturated carbocycles. The molecule has 2 aromatic heterocycles. The highest BCUT2D eigenvalue weighted by Gasteiger charge is 2.36. The standard InChI is InChI=1S/C28H29FN4O5S/c1-19-16-33(20(2)18-34)28(35)23-13-22(11-10-21-7-6-12-30-14-21)15-31-27(23)38-25(19)17-32(3)39(36,37)26-9-5-4-8-24(26)29/h4-9,12-15,19-20,25,34H,16-18H2,1-3H3/t19-,20+,25+/m0/s1. The Hall–Kier alpha value is -3.85. The number of carbonyl (C=O) groups is 1. The van der Waals surface area contributed by atoms with E-state index in [2.05, 4.69) is 21.8 Å². The molecule has 0 spiro atoms. The number of nitrogens with zero attached hydrogens (tertiary/aromatic N) is 4. The van der Waals surface area contributed by atoms with Crippen LogP contribution in [0.5, 0.6) is 5.88 Å². The van der Waals surface area contributed by atoms with Crippen molar-refractivity contribution in [2.45, 2.75) is 30.9 Å². The molecule has 3 heterocycles. The number of hydrogen-bond acceptors (Lipinski definition) is 7. The molecular formula is C28H29FN4O5S. The fourth-order valence-electron chi connectivity index (χ4n) is 4.14. The average Bonchev–Trinajstić information content (AvgIpc) is 2.94. The Morgan fingerprint density at radius 1 is 1.21 bits per heavy atom. The van der Waals surface area contributed by atoms with Crippen LogP contribution in [-0.2, 0) is 10.0 Å². The molecule has 1 aromatic carbocycles. The van der Waals surface area contributed by atoms with Gasteiger partial charge in [0.25, 0.3) is 5.91 Å². The Bertz CT molecular complexity index is 1510. The SMILES string of the molecule is C[C@H](CO)N1C[C@H](C)[C@@H](CN(C)S(=O)(=O)c2ccccc2F)Oc2ncc(C#Cc3cccnc3)cc2C1=O. The Morgan fingerprint density at radius 3 is 2.64 bits per heavy atom. The number of likely N-dealkylation sites (N-methyl/N-ethyl adjacent to an activating group) is 1. The van der Waals surface area contributed by atoms with Gasteiger partial charge in [-0.25, -0.2) is 17.8 Å². The number of benzene rings is 1. The van der Waals surface area contributed by atoms with E-state index in [1.165, 1.54) is 36.3 Å². The van der Waals surface area contributed by atoms with Crippen LogP contribution >= 0.6 is 0 Å². The molecule has 0 fully saturated rings. The number of amides is 1. The molecule has 1 aliphatic heterocycles. The number of hydrogen-bond donors (Lipinski definition) is 1. The van der Waals surface area contributed by atoms with Gasteiger partial charge in [0, 0.05) is 49.2 Å². The minimum absolute atomic E-state index is 0.0234. The molecule has 0 unspecified atom stereocenters. The quantitative estimate of drug-likeness (QED) is 0.468. The summed E-state index contributed by atoms with van der Waals surface area (Å²) >= 11 is 0. The number of pyridine rings is 2. The normalized spacial score (nSPS) is 18.3. The number of aliphatic hydroxyl groups excluding tert-OH is 1. The van der Waals surface area contributed by atoms with Crippen LogP contribution in [0.4, 0.5) is 4.39 Å². The van der Waals surface area contributed by atoms with Crippen LogP contribution in [0.15, 0.2) is 66.0 Å². The van der Waals surface area contributed by atoms with Crippen LogP contribution < -0.4 is 4.74 Å². The number of rotatable bonds is 6. The molecular weight excluding hydrogens is 523 g/mol. The van der Waals surface area contributed by atoms with Crippen LogP contribution in [0.2, 0.25) is 0 Å². The van der Waals surface area contributed by atoms with Crippen LogP contribution in [-0.4, -0.2) is 77.5 Å². The maximum Gasteiger partial charge on any atom is 0.259 e. The smallest absolute Gasteiger partial charge is 0.259 e. The van der Waals surface area contributed by atoms with Gasteiger partial charge in [0.05, 0.1) is 19.2 Å². The van der Waals surface area contributed by atoms with E-state index in [1.807, 2.05) is 6.92 Å². The van der Waals surface area contributed by atoms with Crippen molar-refractivity contribution >= 4 is 15.9 Å². The highest BCUT2D eigenvalue weighted by Crippen LogP contribution is 2.28. The van der Waals surface area contributed by atoms with E-state index in [0.29, 0.717) is 11.1 Å². The number of ether oxygens (including phenoxy) is 1. The van der Waals surface area contributed by atoms with E-state index in [9.17, 15) is 22.7 Å². The molecule has 0 saturated heterocycles. The predicted octanol–water partition coefficient (Wildman–Crippen LogP) is 2.56. The van der Waals surface area contributed by atoms with E-state index >= 15 is 0 Å². The summed E-state index contributed by atoms with van der Waals surface area (Å²) in [4.78, 5) is 23.0. The van der Waals surface area contributed by atoms with Gasteiger partial charge in [0.1, 0.15) is 22.4 Å². The zero-order valence-electron chi connectivity index (χ0n) is 21.8. The van der Waals surface area contributed by atoms with Crippen molar-refractivity contribution in [2.24, 2.45) is 5.92 Å². The lowest BCUT2D eigenvalue weighted by atomic mass is 10.0. The fraction of sp³-hybridized carbons (Fsp3) is 0.321. The van der Waals surface area contributed by atoms with Gasteiger partial charge in [0.15, 0.2) is 0 Å². The highest BCUT2D eigenvalue weighted by atomic mass is 32.2. The number of carbonyl (C=O) groups excluding carboxylic acids is 1. The molecule has 0 bridgehead atoms. The van der Waals surface area contributed by atoms with Crippen molar-refractivity contribution in [1.82, 2.24) is 19.2 Å². The molecule has 204 valence electrons. The largest absolute Gasteiger partial charge is 0.472 e. The minimum Gasteiger partial charge on any atom is -0.472 e. The molecule has 1 amide bonds. The summed E-state index contributed by atoms with van der Waals surface area (Å²) in [6.45, 7) is 3.32. The first-order valence-electron chi connectivity index (χ1n) is 12.3. The van der Waals surface area contributed by atoms with Crippen LogP contribution in [0, 0.1) is 23.6 Å². The van der Waals surface area contributed by atoms with Crippen molar-refractivity contribution in [3.63, 3.8) is 0 Å². The van der Waals surface area contributed by atoms with E-state index < -0.39 is 32.9 Å². The second-order valence-electron chi connectivity index (χ2n) is 9.41. The molecule has 3 atom stereocenters. The first-order chi connectivity index (χ1) is 18.6. The first-order valence-corrected chi connectivity index (χ1v) is 13.8. The van der Waals surface area contributed by atoms with Crippen LogP contribution in [0.3, 0.4) is 0 Å². The lowest BCUT2D eigenvalue weighted by Gasteiger charge is -2.37. The second kappa shape index (κ2) is 11.9. The van der Waals surface area contributed by atoms with Gasteiger partial charge in [-0.05, 0) is 37.3 Å². The van der Waals surface area contributed by atoms with Gasteiger partial charge in [0.2, 0.25) is 15.9 Å². The summed E-state index contributed by atoms with van der Waals surface area (Å²) in [5.74, 6) is 4.37. The molecule has 39 heavy (non-hydrogen) atoms. The molecule has 1 aliphatic rings. The van der Waals surface area contributed by atoms with Crippen molar-refractivity contribution in [1.29, 1.82) is 0 Å². The van der Waals surface area contributed by atoms with Gasteiger partial charge >= 0.3 is 0 Å². The number of aromatic nitrogens is 2. The summed E-state index contributed by atoms with van der Waals surface area (Å²) in [5.41, 5.74) is 1.30. The maximum absolute atomic E-state index is 14.3. The molecule has 3 aromatic rings. The third-order valence-corrected chi connectivity index (χ3v) is 8.35. The minimum atomic E-state index is -4.16. The molecule has 0 aliphatic carbocycles. The number of aliphatic hydroxyl groups is 1. The van der Waals surface area contributed by atoms with Gasteiger partial charge < -0.3 is 14.7 Å². The van der Waals surface area contributed by atoms with E-state index in [-0.39, 0.29) is 43.0 Å². The Labute approximate surface area is 227 Å². The number of fused-ring (bicyclic) bond motifs is 1. The number of halogens is 1. The monoisotopic (exact) mass is 552 g/mol. The van der Waals surface area contributed by atoms with E-state index in [4.69, 9.17) is 4.74 Å². The molecule has 1 N–H and O–H groups in total. The summed E-state index contributed by atoms with van der Waals surface area (Å²) in [6.07, 6.45) is 3.99. The Kier molecular flexibility index (Phi) is 8.60. The Morgan fingerprint density at radius 2 is 1.95 bits per heavy atom. The fourth-order valence-corrected chi connectivity index (χ4v) is 5.39. The van der Waals surface area contributed by atoms with Crippen molar-refractivity contribution in [2.75, 3.05) is 26.7 Å². The summed E-state index contributed by atoms with van der Waals surface area (Å²) in [5, 5.41) is 9.84. The van der Waals surface area contributed by atoms with E-state index in [0.717, 1.165) is 10.4 Å². The van der Waals surface area contributed by atoms with Gasteiger partial charge in [-0.15, -0.1) is 0 Å². The summed E-state index contributed by atoms with van der Waals surface area (Å²) in [6, 6.07) is 9.78. The summed E-state index contributed by atoms with van der Waals surface area (Å²) in [7, 11) is -2.81. The maximum atomic E-state index is 14.3. The van der Waals surface area contributed by atoms with Gasteiger partial charge in [-0.2, -0.15) is 4.31 Å². The third-order valence-electron chi connectivity index (χ3n) is 6.50. The molecule has 9 nitrogen and oxygen atoms in total. The average molecular weight is 553 g/mol.